The molecule has 0 aromatic heterocycles. The molecule has 15 heavy (non-hydrogen) atoms. The second kappa shape index (κ2) is 3.18. The van der Waals surface area contributed by atoms with E-state index in [-0.39, 0.29) is 5.92 Å². The quantitative estimate of drug-likeness (QED) is 0.380. The molecular formula is C10H10O5. The monoisotopic (exact) mass is 210 g/mol. The van der Waals surface area contributed by atoms with Crippen molar-refractivity contribution in [1.82, 2.24) is 0 Å². The van der Waals surface area contributed by atoms with Crippen LogP contribution in [0.3, 0.4) is 0 Å². The molecule has 1 N–H and O–H groups in total. The van der Waals surface area contributed by atoms with Crippen molar-refractivity contribution in [3.05, 3.63) is 12.2 Å². The van der Waals surface area contributed by atoms with Crippen LogP contribution in [0.2, 0.25) is 0 Å². The molecule has 0 bridgehead atoms. The number of aliphatic carboxylic acids is 1. The SMILES string of the molecule is C[C@@H]1C=C[C@H](C(=O)O)[C@@H]2C(=O)OC(=O)[C@H]21. The number of ether oxygens (including phenoxy) is 1. The van der Waals surface area contributed by atoms with E-state index in [1.807, 2.05) is 0 Å². The number of carboxylic acids is 1. The molecule has 0 spiro atoms. The minimum atomic E-state index is -1.10. The fraction of sp³-hybridized carbons (Fsp3) is 0.500. The molecule has 4 atom stereocenters. The zero-order valence-corrected chi connectivity index (χ0v) is 8.04. The van der Waals surface area contributed by atoms with Crippen LogP contribution in [0.25, 0.3) is 0 Å². The van der Waals surface area contributed by atoms with Crippen LogP contribution in [0.5, 0.6) is 0 Å². The lowest BCUT2D eigenvalue weighted by Gasteiger charge is -2.25. The van der Waals surface area contributed by atoms with E-state index in [0.29, 0.717) is 0 Å². The van der Waals surface area contributed by atoms with Crippen LogP contribution in [-0.4, -0.2) is 23.0 Å². The fourth-order valence-corrected chi connectivity index (χ4v) is 2.21. The first-order chi connectivity index (χ1) is 7.02. The van der Waals surface area contributed by atoms with E-state index < -0.39 is 35.7 Å². The van der Waals surface area contributed by atoms with Crippen molar-refractivity contribution in [3.8, 4) is 0 Å². The second-order valence-electron chi connectivity index (χ2n) is 3.90. The Morgan fingerprint density at radius 2 is 1.87 bits per heavy atom. The van der Waals surface area contributed by atoms with Crippen LogP contribution in [0.1, 0.15) is 6.92 Å². The maximum atomic E-state index is 11.3. The van der Waals surface area contributed by atoms with Gasteiger partial charge in [0.05, 0.1) is 17.8 Å². The van der Waals surface area contributed by atoms with Gasteiger partial charge >= 0.3 is 17.9 Å². The third kappa shape index (κ3) is 1.35. The van der Waals surface area contributed by atoms with E-state index in [2.05, 4.69) is 4.74 Å². The molecule has 2 rings (SSSR count). The van der Waals surface area contributed by atoms with Gasteiger partial charge in [-0.05, 0) is 5.92 Å². The molecule has 0 unspecified atom stereocenters. The molecule has 0 aromatic rings. The topological polar surface area (TPSA) is 80.7 Å². The summed E-state index contributed by atoms with van der Waals surface area (Å²) < 4.78 is 4.48. The van der Waals surface area contributed by atoms with Crippen molar-refractivity contribution in [2.75, 3.05) is 0 Å². The number of carbonyl (C=O) groups excluding carboxylic acids is 2. The summed E-state index contributed by atoms with van der Waals surface area (Å²) >= 11 is 0. The number of cyclic esters (lactones) is 2. The predicted octanol–water partition coefficient (Wildman–Crippen LogP) is 0.209. The van der Waals surface area contributed by atoms with Gasteiger partial charge in [-0.3, -0.25) is 14.4 Å². The Morgan fingerprint density at radius 3 is 2.47 bits per heavy atom. The van der Waals surface area contributed by atoms with Gasteiger partial charge in [-0.2, -0.15) is 0 Å². The van der Waals surface area contributed by atoms with E-state index >= 15 is 0 Å². The molecule has 0 amide bonds. The van der Waals surface area contributed by atoms with Crippen molar-refractivity contribution >= 4 is 17.9 Å². The summed E-state index contributed by atoms with van der Waals surface area (Å²) in [6.45, 7) is 1.77. The zero-order chi connectivity index (χ0) is 11.2. The van der Waals surface area contributed by atoms with Crippen LogP contribution < -0.4 is 0 Å². The average molecular weight is 210 g/mol. The zero-order valence-electron chi connectivity index (χ0n) is 8.04. The third-order valence-corrected chi connectivity index (χ3v) is 2.99. The molecule has 1 heterocycles. The van der Waals surface area contributed by atoms with Gasteiger partial charge in [0.15, 0.2) is 0 Å². The third-order valence-electron chi connectivity index (χ3n) is 2.99. The molecule has 80 valence electrons. The Hall–Kier alpha value is -1.65. The summed E-state index contributed by atoms with van der Waals surface area (Å²) in [6.07, 6.45) is 3.12. The Balaban J connectivity index is 2.41. The van der Waals surface area contributed by atoms with E-state index in [9.17, 15) is 14.4 Å². The molecule has 1 saturated heterocycles. The van der Waals surface area contributed by atoms with Crippen molar-refractivity contribution in [3.63, 3.8) is 0 Å². The van der Waals surface area contributed by atoms with Gasteiger partial charge in [0, 0.05) is 0 Å². The highest BCUT2D eigenvalue weighted by molar-refractivity contribution is 5.99. The van der Waals surface area contributed by atoms with E-state index in [4.69, 9.17) is 5.11 Å². The van der Waals surface area contributed by atoms with Gasteiger partial charge in [-0.15, -0.1) is 0 Å². The Kier molecular flexibility index (Phi) is 2.10. The van der Waals surface area contributed by atoms with Crippen LogP contribution in [-0.2, 0) is 19.1 Å². The Bertz CT molecular complexity index is 370. The standard InChI is InChI=1S/C10H10O5/c1-4-2-3-5(8(11)12)7-6(4)9(13)15-10(7)14/h2-7H,1H3,(H,11,12)/t4-,5+,6+,7+/m1/s1. The number of allylic oxidation sites excluding steroid dienone is 1. The maximum absolute atomic E-state index is 11.3. The first-order valence-corrected chi connectivity index (χ1v) is 4.69. The van der Waals surface area contributed by atoms with Gasteiger partial charge in [0.25, 0.3) is 0 Å². The lowest BCUT2D eigenvalue weighted by Crippen LogP contribution is -2.36. The van der Waals surface area contributed by atoms with Crippen LogP contribution in [0, 0.1) is 23.7 Å². The summed E-state index contributed by atoms with van der Waals surface area (Å²) in [7, 11) is 0. The van der Waals surface area contributed by atoms with Gasteiger partial charge in [0.1, 0.15) is 0 Å². The van der Waals surface area contributed by atoms with E-state index in [1.165, 1.54) is 6.08 Å². The molecule has 0 saturated carbocycles. The fourth-order valence-electron chi connectivity index (χ4n) is 2.21. The summed E-state index contributed by atoms with van der Waals surface area (Å²) in [4.78, 5) is 33.6. The highest BCUT2D eigenvalue weighted by Crippen LogP contribution is 2.40. The molecular weight excluding hydrogens is 200 g/mol. The van der Waals surface area contributed by atoms with Crippen LogP contribution in [0.15, 0.2) is 12.2 Å². The average Bonchev–Trinajstić information content (AvgIpc) is 2.43. The number of rotatable bonds is 1. The second-order valence-corrected chi connectivity index (χ2v) is 3.90. The van der Waals surface area contributed by atoms with Gasteiger partial charge in [-0.25, -0.2) is 0 Å². The van der Waals surface area contributed by atoms with E-state index in [1.54, 1.807) is 13.0 Å². The smallest absolute Gasteiger partial charge is 0.318 e. The highest BCUT2D eigenvalue weighted by atomic mass is 16.6. The molecule has 1 aliphatic heterocycles. The number of carbonyl (C=O) groups is 3. The predicted molar refractivity (Wildman–Crippen MR) is 47.5 cm³/mol. The first kappa shape index (κ1) is 9.89. The summed E-state index contributed by atoms with van der Waals surface area (Å²) in [5, 5.41) is 8.91. The number of hydrogen-bond donors (Lipinski definition) is 1. The summed E-state index contributed by atoms with van der Waals surface area (Å²) in [5.41, 5.74) is 0. The molecule has 1 fully saturated rings. The number of fused-ring (bicyclic) bond motifs is 1. The Morgan fingerprint density at radius 1 is 1.27 bits per heavy atom. The van der Waals surface area contributed by atoms with Gasteiger partial charge < -0.3 is 9.84 Å². The highest BCUT2D eigenvalue weighted by Gasteiger charge is 2.53. The normalized spacial score (nSPS) is 38.7. The lowest BCUT2D eigenvalue weighted by atomic mass is 9.72. The lowest BCUT2D eigenvalue weighted by molar-refractivity contribution is -0.155. The number of carboxylic acid groups (broad SMARTS) is 1. The molecule has 5 nitrogen and oxygen atoms in total. The molecule has 2 aliphatic rings. The molecule has 1 aliphatic carbocycles. The van der Waals surface area contributed by atoms with Crippen LogP contribution in [0.4, 0.5) is 0 Å². The maximum Gasteiger partial charge on any atom is 0.318 e. The number of hydrogen-bond acceptors (Lipinski definition) is 4. The summed E-state index contributed by atoms with van der Waals surface area (Å²) in [6, 6.07) is 0. The molecule has 5 heteroatoms. The van der Waals surface area contributed by atoms with Crippen molar-refractivity contribution in [2.45, 2.75) is 6.92 Å². The number of esters is 2. The first-order valence-electron chi connectivity index (χ1n) is 4.69. The van der Waals surface area contributed by atoms with Gasteiger partial charge in [0.2, 0.25) is 0 Å². The molecule has 0 aromatic carbocycles. The van der Waals surface area contributed by atoms with Gasteiger partial charge in [-0.1, -0.05) is 19.1 Å². The molecule has 0 radical (unpaired) electrons. The van der Waals surface area contributed by atoms with Crippen molar-refractivity contribution in [2.24, 2.45) is 23.7 Å². The Labute approximate surface area is 85.7 Å². The summed E-state index contributed by atoms with van der Waals surface area (Å²) in [5.74, 6) is -4.99. The van der Waals surface area contributed by atoms with E-state index in [0.717, 1.165) is 0 Å². The minimum Gasteiger partial charge on any atom is -0.481 e. The minimum absolute atomic E-state index is 0.149. The van der Waals surface area contributed by atoms with Crippen molar-refractivity contribution < 1.29 is 24.2 Å². The van der Waals surface area contributed by atoms with Crippen LogP contribution >= 0.6 is 0 Å². The largest absolute Gasteiger partial charge is 0.481 e. The van der Waals surface area contributed by atoms with Crippen molar-refractivity contribution in [1.29, 1.82) is 0 Å².